The van der Waals surface area contributed by atoms with Crippen LogP contribution in [0, 0.1) is 23.7 Å². The number of likely N-dealkylation sites (tertiary alicyclic amines) is 1. The Balaban J connectivity index is 0.00000248. The van der Waals surface area contributed by atoms with E-state index >= 15 is 0 Å². The monoisotopic (exact) mass is 712 g/mol. The molecule has 2 unspecified atom stereocenters. The molecule has 0 radical (unpaired) electrons. The molecule has 2 amide bonds. The number of aromatic nitrogens is 2. The van der Waals surface area contributed by atoms with E-state index in [-0.39, 0.29) is 36.7 Å². The van der Waals surface area contributed by atoms with Gasteiger partial charge in [0.1, 0.15) is 6.04 Å². The van der Waals surface area contributed by atoms with Crippen molar-refractivity contribution in [2.45, 2.75) is 111 Å². The Bertz CT molecular complexity index is 1660. The Morgan fingerprint density at radius 1 is 0.922 bits per heavy atom. The molecule has 274 valence electrons. The van der Waals surface area contributed by atoms with Gasteiger partial charge in [-0.3, -0.25) is 14.4 Å². The van der Waals surface area contributed by atoms with Gasteiger partial charge in [-0.05, 0) is 78.5 Å². The van der Waals surface area contributed by atoms with Crippen LogP contribution < -0.4 is 5.32 Å². The lowest BCUT2D eigenvalue weighted by molar-refractivity contribution is -0.153. The zero-order chi connectivity index (χ0) is 36.7. The van der Waals surface area contributed by atoms with E-state index in [1.165, 1.54) is 60.3 Å². The summed E-state index contributed by atoms with van der Waals surface area (Å²) in [6, 6.07) is 10.7. The van der Waals surface area contributed by atoms with Crippen LogP contribution >= 0.6 is 11.3 Å². The summed E-state index contributed by atoms with van der Waals surface area (Å²) in [6.07, 6.45) is 17.0. The first-order chi connectivity index (χ1) is 24.5. The molecule has 2 aliphatic carbocycles. The lowest BCUT2D eigenvalue weighted by Gasteiger charge is -2.38. The molecular weight excluding hydrogens is 657 g/mol. The smallest absolute Gasteiger partial charge is 0.310 e. The number of carbonyl (C=O) groups excluding carboxylic acids is 2. The van der Waals surface area contributed by atoms with Crippen molar-refractivity contribution in [2.75, 3.05) is 13.1 Å². The Kier molecular flexibility index (Phi) is 12.9. The molecule has 3 aliphatic rings. The number of hydrogen-bond donors (Lipinski definition) is 2. The zero-order valence-corrected chi connectivity index (χ0v) is 32.1. The van der Waals surface area contributed by atoms with E-state index in [0.717, 1.165) is 52.2 Å². The van der Waals surface area contributed by atoms with Gasteiger partial charge in [0.2, 0.25) is 5.91 Å². The summed E-state index contributed by atoms with van der Waals surface area (Å²) in [5.74, 6) is 1.23. The number of rotatable bonds is 10. The molecule has 2 atom stereocenters. The first kappa shape index (κ1) is 38.4. The van der Waals surface area contributed by atoms with Crippen LogP contribution in [0.25, 0.3) is 17.0 Å². The predicted molar refractivity (Wildman–Crippen MR) is 206 cm³/mol. The molecule has 8 nitrogen and oxygen atoms in total. The van der Waals surface area contributed by atoms with Crippen molar-refractivity contribution in [3.63, 3.8) is 0 Å². The number of amides is 2. The van der Waals surface area contributed by atoms with E-state index in [1.54, 1.807) is 6.07 Å². The molecular formula is C42H56N4O4S. The van der Waals surface area contributed by atoms with Gasteiger partial charge in [-0.2, -0.15) is 0 Å². The summed E-state index contributed by atoms with van der Waals surface area (Å²) in [6.45, 7) is 12.9. The number of nitrogens with zero attached hydrogens (tertiary/aromatic N) is 3. The molecule has 1 aliphatic heterocycles. The molecule has 2 aromatic heterocycles. The van der Waals surface area contributed by atoms with Gasteiger partial charge in [0.25, 0.3) is 5.91 Å². The number of carbonyl (C=O) groups is 3. The maximum absolute atomic E-state index is 13.5. The third-order valence-electron chi connectivity index (χ3n) is 11.0. The van der Waals surface area contributed by atoms with Crippen molar-refractivity contribution in [2.24, 2.45) is 23.7 Å². The van der Waals surface area contributed by atoms with Crippen LogP contribution in [0.1, 0.15) is 119 Å². The molecule has 1 saturated carbocycles. The number of benzene rings is 1. The second kappa shape index (κ2) is 17.1. The number of thiophene rings is 1. The molecule has 3 heterocycles. The minimum absolute atomic E-state index is 0.0859. The Morgan fingerprint density at radius 2 is 1.59 bits per heavy atom. The first-order valence-corrected chi connectivity index (χ1v) is 19.8. The fourth-order valence-electron chi connectivity index (χ4n) is 7.61. The molecule has 0 bridgehead atoms. The van der Waals surface area contributed by atoms with Crippen molar-refractivity contribution in [1.29, 1.82) is 0 Å². The van der Waals surface area contributed by atoms with Gasteiger partial charge in [-0.1, -0.05) is 91.1 Å². The van der Waals surface area contributed by atoms with E-state index in [0.29, 0.717) is 10.7 Å². The van der Waals surface area contributed by atoms with Crippen molar-refractivity contribution in [1.82, 2.24) is 20.2 Å². The van der Waals surface area contributed by atoms with Gasteiger partial charge in [0.15, 0.2) is 5.82 Å². The van der Waals surface area contributed by atoms with Gasteiger partial charge in [0.05, 0.1) is 10.8 Å². The number of carboxylic acids is 1. The third-order valence-corrected chi connectivity index (χ3v) is 12.5. The summed E-state index contributed by atoms with van der Waals surface area (Å²) in [5.41, 5.74) is 4.12. The summed E-state index contributed by atoms with van der Waals surface area (Å²) in [4.78, 5) is 50.7. The van der Waals surface area contributed by atoms with Gasteiger partial charge in [-0.15, -0.1) is 11.3 Å². The van der Waals surface area contributed by atoms with E-state index in [1.807, 2.05) is 56.6 Å². The number of allylic oxidation sites excluding steroid dienone is 2. The van der Waals surface area contributed by atoms with Crippen LogP contribution in [0.15, 0.2) is 54.9 Å². The summed E-state index contributed by atoms with van der Waals surface area (Å²) in [5, 5.41) is 12.3. The lowest BCUT2D eigenvalue weighted by atomic mass is 9.71. The number of nitrogens with one attached hydrogen (secondary N) is 1. The van der Waals surface area contributed by atoms with Crippen LogP contribution in [-0.2, 0) is 21.4 Å². The van der Waals surface area contributed by atoms with E-state index in [9.17, 15) is 19.5 Å². The van der Waals surface area contributed by atoms with Crippen LogP contribution in [-0.4, -0.2) is 56.9 Å². The maximum atomic E-state index is 13.5. The van der Waals surface area contributed by atoms with Gasteiger partial charge in [0, 0.05) is 47.9 Å². The summed E-state index contributed by atoms with van der Waals surface area (Å²) in [7, 11) is 0. The number of aliphatic carboxylic acids is 1. The molecule has 9 heteroatoms. The fraction of sp³-hybridized carbons (Fsp3) is 0.548. The lowest BCUT2D eigenvalue weighted by Crippen LogP contribution is -2.59. The highest BCUT2D eigenvalue weighted by atomic mass is 32.1. The standard InChI is InChI=1S/C40H50N4O4S.C2H6/c1-5-25-6-10-27(11-7-25)28-14-16-29(17-15-28)31-21-41-36(42-22-31)30-12-8-26(9-13-30)20-33(38(46)44-23-32(24-44)39(47)48)43-37(45)34-18-19-35(49-34)40(2,3)4;1-2/h8-9,12-13,16,18-19,21-22,25,27-28,32-33H,5-7,10-11,14-15,17,20,23-24H2,1-4H3,(H,43,45)(H,47,48);1-2H3. The van der Waals surface area contributed by atoms with Crippen LogP contribution in [0.3, 0.4) is 0 Å². The Hall–Kier alpha value is -3.85. The Morgan fingerprint density at radius 3 is 2.14 bits per heavy atom. The number of hydrogen-bond acceptors (Lipinski definition) is 6. The largest absolute Gasteiger partial charge is 0.481 e. The second-order valence-corrected chi connectivity index (χ2v) is 16.5. The minimum Gasteiger partial charge on any atom is -0.481 e. The topological polar surface area (TPSA) is 112 Å². The normalized spacial score (nSPS) is 21.4. The highest BCUT2D eigenvalue weighted by molar-refractivity contribution is 7.14. The van der Waals surface area contributed by atoms with Crippen molar-refractivity contribution in [3.8, 4) is 11.4 Å². The van der Waals surface area contributed by atoms with Crippen molar-refractivity contribution in [3.05, 3.63) is 75.7 Å². The Labute approximate surface area is 308 Å². The van der Waals surface area contributed by atoms with Crippen molar-refractivity contribution < 1.29 is 19.5 Å². The molecule has 1 aromatic carbocycles. The van der Waals surface area contributed by atoms with Gasteiger partial charge in [-0.25, -0.2) is 9.97 Å². The molecule has 2 N–H and O–H groups in total. The summed E-state index contributed by atoms with van der Waals surface area (Å²) < 4.78 is 0. The average Bonchev–Trinajstić information content (AvgIpc) is 3.64. The molecule has 51 heavy (non-hydrogen) atoms. The van der Waals surface area contributed by atoms with Crippen molar-refractivity contribution >= 4 is 34.7 Å². The molecule has 1 saturated heterocycles. The average molecular weight is 713 g/mol. The van der Waals surface area contributed by atoms with E-state index in [2.05, 4.69) is 39.1 Å². The second-order valence-electron chi connectivity index (χ2n) is 15.4. The SMILES string of the molecule is CC.CCC1CCC(C2CC=C(c3cnc(-c4ccc(CC(NC(=O)c5ccc(C(C)(C)C)s5)C(=O)N5CC(C(=O)O)C5)cc4)nc3)CC2)CC1. The highest BCUT2D eigenvalue weighted by Crippen LogP contribution is 2.41. The highest BCUT2D eigenvalue weighted by Gasteiger charge is 2.39. The molecule has 3 aromatic rings. The quantitative estimate of drug-likeness (QED) is 0.217. The molecule has 2 fully saturated rings. The minimum atomic E-state index is -0.910. The maximum Gasteiger partial charge on any atom is 0.310 e. The fourth-order valence-corrected chi connectivity index (χ4v) is 8.58. The van der Waals surface area contributed by atoms with Crippen LogP contribution in [0.5, 0.6) is 0 Å². The van der Waals surface area contributed by atoms with Crippen LogP contribution in [0.2, 0.25) is 0 Å². The van der Waals surface area contributed by atoms with Crippen LogP contribution in [0.4, 0.5) is 0 Å². The van der Waals surface area contributed by atoms with Gasteiger partial charge >= 0.3 is 5.97 Å². The van der Waals surface area contributed by atoms with E-state index in [4.69, 9.17) is 9.97 Å². The summed E-state index contributed by atoms with van der Waals surface area (Å²) >= 11 is 1.42. The third kappa shape index (κ3) is 9.53. The first-order valence-electron chi connectivity index (χ1n) is 19.0. The molecule has 0 spiro atoms. The number of carboxylic acid groups (broad SMARTS) is 1. The zero-order valence-electron chi connectivity index (χ0n) is 31.3. The van der Waals surface area contributed by atoms with Gasteiger partial charge < -0.3 is 15.3 Å². The predicted octanol–water partition coefficient (Wildman–Crippen LogP) is 8.81. The molecule has 6 rings (SSSR count). The van der Waals surface area contributed by atoms with E-state index < -0.39 is 17.9 Å².